The van der Waals surface area contributed by atoms with Crippen molar-refractivity contribution < 1.29 is 4.79 Å². The third-order valence-electron chi connectivity index (χ3n) is 4.20. The van der Waals surface area contributed by atoms with Gasteiger partial charge in [-0.15, -0.1) is 0 Å². The van der Waals surface area contributed by atoms with Crippen molar-refractivity contribution in [2.75, 3.05) is 18.4 Å². The Balaban J connectivity index is 1.48. The summed E-state index contributed by atoms with van der Waals surface area (Å²) in [5, 5.41) is 7.43. The molecule has 0 unspecified atom stereocenters. The van der Waals surface area contributed by atoms with Gasteiger partial charge in [-0.25, -0.2) is 0 Å². The van der Waals surface area contributed by atoms with Crippen molar-refractivity contribution in [3.8, 4) is 0 Å². The van der Waals surface area contributed by atoms with Crippen molar-refractivity contribution in [2.24, 2.45) is 0 Å². The fraction of sp³-hybridized carbons (Fsp3) is 0.250. The molecule has 24 heavy (non-hydrogen) atoms. The van der Waals surface area contributed by atoms with Crippen LogP contribution in [0.4, 0.5) is 5.69 Å². The molecule has 3 N–H and O–H groups in total. The fourth-order valence-corrected chi connectivity index (χ4v) is 2.83. The van der Waals surface area contributed by atoms with E-state index in [1.807, 2.05) is 50.4 Å². The van der Waals surface area contributed by atoms with Crippen molar-refractivity contribution in [3.05, 3.63) is 65.4 Å². The lowest BCUT2D eigenvalue weighted by molar-refractivity contribution is -0.115. The molecule has 1 heterocycles. The van der Waals surface area contributed by atoms with Gasteiger partial charge in [0.25, 0.3) is 0 Å². The highest BCUT2D eigenvalue weighted by Crippen LogP contribution is 2.18. The van der Waals surface area contributed by atoms with E-state index in [0.29, 0.717) is 6.54 Å². The number of aryl methyl sites for hydroxylation is 2. The molecule has 1 amide bonds. The lowest BCUT2D eigenvalue weighted by Crippen LogP contribution is -2.29. The smallest absolute Gasteiger partial charge is 0.238 e. The van der Waals surface area contributed by atoms with Crippen molar-refractivity contribution in [2.45, 2.75) is 20.3 Å². The number of para-hydroxylation sites is 1. The summed E-state index contributed by atoms with van der Waals surface area (Å²) in [6.45, 7) is 5.10. The minimum Gasteiger partial charge on any atom is -0.361 e. The van der Waals surface area contributed by atoms with Crippen LogP contribution in [0.1, 0.15) is 16.7 Å². The molecule has 0 radical (unpaired) electrons. The molecule has 3 aromatic rings. The molecule has 124 valence electrons. The van der Waals surface area contributed by atoms with Gasteiger partial charge in [-0.2, -0.15) is 0 Å². The third-order valence-corrected chi connectivity index (χ3v) is 4.20. The summed E-state index contributed by atoms with van der Waals surface area (Å²) in [5.41, 5.74) is 5.53. The fourth-order valence-electron chi connectivity index (χ4n) is 2.83. The molecular weight excluding hydrogens is 298 g/mol. The molecule has 0 aliphatic rings. The molecule has 1 aromatic heterocycles. The maximum absolute atomic E-state index is 12.1. The Hall–Kier alpha value is -2.59. The number of aromatic amines is 1. The number of rotatable bonds is 6. The van der Waals surface area contributed by atoms with Crippen LogP contribution < -0.4 is 10.6 Å². The number of aromatic nitrogens is 1. The Morgan fingerprint density at radius 1 is 1.12 bits per heavy atom. The molecule has 0 bridgehead atoms. The van der Waals surface area contributed by atoms with Crippen LogP contribution in [0.3, 0.4) is 0 Å². The van der Waals surface area contributed by atoms with Crippen LogP contribution in [0.15, 0.2) is 48.7 Å². The summed E-state index contributed by atoms with van der Waals surface area (Å²) in [6, 6.07) is 14.3. The zero-order chi connectivity index (χ0) is 16.9. The first-order chi connectivity index (χ1) is 11.6. The van der Waals surface area contributed by atoms with Gasteiger partial charge in [0.1, 0.15) is 0 Å². The first-order valence-electron chi connectivity index (χ1n) is 8.26. The molecule has 0 aliphatic carbocycles. The van der Waals surface area contributed by atoms with Crippen LogP contribution in [-0.4, -0.2) is 24.0 Å². The summed E-state index contributed by atoms with van der Waals surface area (Å²) in [7, 11) is 0. The van der Waals surface area contributed by atoms with E-state index in [-0.39, 0.29) is 5.91 Å². The van der Waals surface area contributed by atoms with Crippen LogP contribution in [-0.2, 0) is 11.2 Å². The Morgan fingerprint density at radius 3 is 2.83 bits per heavy atom. The van der Waals surface area contributed by atoms with Gasteiger partial charge in [0, 0.05) is 22.8 Å². The van der Waals surface area contributed by atoms with E-state index in [2.05, 4.69) is 27.8 Å². The van der Waals surface area contributed by atoms with Gasteiger partial charge in [0.2, 0.25) is 5.91 Å². The summed E-state index contributed by atoms with van der Waals surface area (Å²) >= 11 is 0. The van der Waals surface area contributed by atoms with Gasteiger partial charge in [-0.3, -0.25) is 4.79 Å². The second-order valence-electron chi connectivity index (χ2n) is 6.15. The molecule has 2 aromatic carbocycles. The van der Waals surface area contributed by atoms with Crippen molar-refractivity contribution in [1.29, 1.82) is 0 Å². The number of nitrogens with one attached hydrogen (secondary N) is 3. The quantitative estimate of drug-likeness (QED) is 0.608. The standard InChI is InChI=1S/C20H23N3O/c1-14-7-8-15(2)19(11-14)23-20(24)13-21-10-9-16-12-22-18-6-4-3-5-17(16)18/h3-8,11-12,21-22H,9-10,13H2,1-2H3,(H,23,24). The molecule has 4 heteroatoms. The number of benzene rings is 2. The molecule has 0 spiro atoms. The largest absolute Gasteiger partial charge is 0.361 e. The lowest BCUT2D eigenvalue weighted by Gasteiger charge is -2.10. The zero-order valence-corrected chi connectivity index (χ0v) is 14.1. The molecule has 0 saturated carbocycles. The first-order valence-corrected chi connectivity index (χ1v) is 8.26. The van der Waals surface area contributed by atoms with Crippen molar-refractivity contribution >= 4 is 22.5 Å². The lowest BCUT2D eigenvalue weighted by atomic mass is 10.1. The number of amides is 1. The van der Waals surface area contributed by atoms with Crippen molar-refractivity contribution in [1.82, 2.24) is 10.3 Å². The van der Waals surface area contributed by atoms with E-state index in [1.54, 1.807) is 0 Å². The molecule has 0 atom stereocenters. The Bertz CT molecular complexity index is 851. The predicted molar refractivity (Wildman–Crippen MR) is 99.4 cm³/mol. The summed E-state index contributed by atoms with van der Waals surface area (Å²) in [5.74, 6) is -0.0115. The number of hydrogen-bond acceptors (Lipinski definition) is 2. The second kappa shape index (κ2) is 7.32. The third kappa shape index (κ3) is 3.84. The van der Waals surface area contributed by atoms with E-state index < -0.39 is 0 Å². The summed E-state index contributed by atoms with van der Waals surface area (Å²) in [4.78, 5) is 15.3. The SMILES string of the molecule is Cc1ccc(C)c(NC(=O)CNCCc2c[nH]c3ccccc23)c1. The minimum absolute atomic E-state index is 0.0115. The molecular formula is C20H23N3O. The van der Waals surface area contributed by atoms with E-state index in [1.165, 1.54) is 10.9 Å². The number of fused-ring (bicyclic) bond motifs is 1. The number of anilines is 1. The van der Waals surface area contributed by atoms with Crippen LogP contribution in [0, 0.1) is 13.8 Å². The Morgan fingerprint density at radius 2 is 1.96 bits per heavy atom. The summed E-state index contributed by atoms with van der Waals surface area (Å²) in [6.07, 6.45) is 2.93. The number of carbonyl (C=O) groups is 1. The monoisotopic (exact) mass is 321 g/mol. The van der Waals surface area contributed by atoms with Crippen LogP contribution in [0.5, 0.6) is 0 Å². The van der Waals surface area contributed by atoms with E-state index in [9.17, 15) is 4.79 Å². The molecule has 0 aliphatic heterocycles. The highest BCUT2D eigenvalue weighted by Gasteiger charge is 2.06. The molecule has 0 fully saturated rings. The second-order valence-corrected chi connectivity index (χ2v) is 6.15. The topological polar surface area (TPSA) is 56.9 Å². The Kier molecular flexibility index (Phi) is 4.96. The predicted octanol–water partition coefficient (Wildman–Crippen LogP) is 3.56. The Labute approximate surface area is 142 Å². The maximum Gasteiger partial charge on any atom is 0.238 e. The minimum atomic E-state index is -0.0115. The van der Waals surface area contributed by atoms with Crippen LogP contribution >= 0.6 is 0 Å². The van der Waals surface area contributed by atoms with Gasteiger partial charge < -0.3 is 15.6 Å². The first kappa shape index (κ1) is 16.3. The van der Waals surface area contributed by atoms with E-state index >= 15 is 0 Å². The van der Waals surface area contributed by atoms with Gasteiger partial charge in [-0.05, 0) is 55.6 Å². The zero-order valence-electron chi connectivity index (χ0n) is 14.1. The van der Waals surface area contributed by atoms with E-state index in [4.69, 9.17) is 0 Å². The highest BCUT2D eigenvalue weighted by atomic mass is 16.1. The van der Waals surface area contributed by atoms with Gasteiger partial charge in [-0.1, -0.05) is 30.3 Å². The summed E-state index contributed by atoms with van der Waals surface area (Å²) < 4.78 is 0. The van der Waals surface area contributed by atoms with Crippen molar-refractivity contribution in [3.63, 3.8) is 0 Å². The number of hydrogen-bond donors (Lipinski definition) is 3. The number of carbonyl (C=O) groups excluding carboxylic acids is 1. The average molecular weight is 321 g/mol. The van der Waals surface area contributed by atoms with Crippen LogP contribution in [0.25, 0.3) is 10.9 Å². The average Bonchev–Trinajstić information content (AvgIpc) is 2.98. The molecule has 0 saturated heterocycles. The number of H-pyrrole nitrogens is 1. The maximum atomic E-state index is 12.1. The van der Waals surface area contributed by atoms with Crippen LogP contribution in [0.2, 0.25) is 0 Å². The van der Waals surface area contributed by atoms with Gasteiger partial charge in [0.15, 0.2) is 0 Å². The van der Waals surface area contributed by atoms with E-state index in [0.717, 1.165) is 35.3 Å². The van der Waals surface area contributed by atoms with Gasteiger partial charge >= 0.3 is 0 Å². The molecule has 4 nitrogen and oxygen atoms in total. The van der Waals surface area contributed by atoms with Gasteiger partial charge in [0.05, 0.1) is 6.54 Å². The highest BCUT2D eigenvalue weighted by molar-refractivity contribution is 5.93. The normalized spacial score (nSPS) is 10.9. The molecule has 3 rings (SSSR count).